The quantitative estimate of drug-likeness (QED) is 0.605. The van der Waals surface area contributed by atoms with Gasteiger partial charge in [0.2, 0.25) is 16.0 Å². The molecule has 2 amide bonds. The van der Waals surface area contributed by atoms with Crippen molar-refractivity contribution in [1.29, 1.82) is 0 Å². The number of anilines is 1. The standard InChI is InChI=1S/C16H15ClN6O2S2/c1-9-20-23-16(26-9)19-14(25)15-22-21-13(27-15)6-5-12(24)18-8-10-3-2-4-11(17)7-10/h2-4,7H,5-6,8H2,1H3,(H,18,24)(H,19,23,25). The van der Waals surface area contributed by atoms with E-state index < -0.39 is 0 Å². The van der Waals surface area contributed by atoms with Gasteiger partial charge in [-0.2, -0.15) is 0 Å². The molecule has 0 fully saturated rings. The first-order chi connectivity index (χ1) is 13.0. The highest BCUT2D eigenvalue weighted by Crippen LogP contribution is 2.17. The first-order valence-corrected chi connectivity index (χ1v) is 9.95. The monoisotopic (exact) mass is 422 g/mol. The lowest BCUT2D eigenvalue weighted by Gasteiger charge is -2.04. The molecule has 0 unspecified atom stereocenters. The first kappa shape index (κ1) is 19.3. The van der Waals surface area contributed by atoms with Crippen molar-refractivity contribution in [3.8, 4) is 0 Å². The van der Waals surface area contributed by atoms with Crippen molar-refractivity contribution in [2.24, 2.45) is 0 Å². The highest BCUT2D eigenvalue weighted by molar-refractivity contribution is 7.15. The summed E-state index contributed by atoms with van der Waals surface area (Å²) in [5.74, 6) is -0.499. The zero-order chi connectivity index (χ0) is 19.2. The van der Waals surface area contributed by atoms with Gasteiger partial charge in [-0.05, 0) is 24.6 Å². The molecule has 11 heteroatoms. The van der Waals surface area contributed by atoms with Crippen molar-refractivity contribution in [2.45, 2.75) is 26.3 Å². The smallest absolute Gasteiger partial charge is 0.288 e. The molecule has 2 aromatic heterocycles. The summed E-state index contributed by atoms with van der Waals surface area (Å²) in [6, 6.07) is 7.31. The second kappa shape index (κ2) is 8.98. The van der Waals surface area contributed by atoms with E-state index in [0.717, 1.165) is 21.9 Å². The number of aromatic nitrogens is 4. The second-order valence-corrected chi connectivity index (χ2v) is 8.17. The van der Waals surface area contributed by atoms with Crippen molar-refractivity contribution >= 4 is 51.2 Å². The minimum absolute atomic E-state index is 0.111. The van der Waals surface area contributed by atoms with Gasteiger partial charge in [-0.25, -0.2) is 0 Å². The summed E-state index contributed by atoms with van der Waals surface area (Å²) in [6.07, 6.45) is 0.663. The lowest BCUT2D eigenvalue weighted by Crippen LogP contribution is -2.22. The zero-order valence-electron chi connectivity index (χ0n) is 14.2. The average molecular weight is 423 g/mol. The van der Waals surface area contributed by atoms with Crippen LogP contribution in [0.3, 0.4) is 0 Å². The van der Waals surface area contributed by atoms with E-state index in [0.29, 0.717) is 28.1 Å². The Labute approximate surface area is 168 Å². The van der Waals surface area contributed by atoms with Crippen LogP contribution in [-0.2, 0) is 17.8 Å². The molecule has 8 nitrogen and oxygen atoms in total. The fraction of sp³-hybridized carbons (Fsp3) is 0.250. The molecule has 0 bridgehead atoms. The van der Waals surface area contributed by atoms with Gasteiger partial charge in [0, 0.05) is 24.4 Å². The fourth-order valence-electron chi connectivity index (χ4n) is 2.10. The first-order valence-electron chi connectivity index (χ1n) is 7.94. The summed E-state index contributed by atoms with van der Waals surface area (Å²) >= 11 is 8.34. The number of benzene rings is 1. The number of halogens is 1. The summed E-state index contributed by atoms with van der Waals surface area (Å²) in [5.41, 5.74) is 0.928. The average Bonchev–Trinajstić information content (AvgIpc) is 3.27. The normalized spacial score (nSPS) is 10.6. The van der Waals surface area contributed by atoms with Gasteiger partial charge in [0.1, 0.15) is 10.0 Å². The minimum atomic E-state index is -0.389. The molecule has 0 aliphatic carbocycles. The van der Waals surface area contributed by atoms with Crippen LogP contribution in [0.25, 0.3) is 0 Å². The maximum Gasteiger partial charge on any atom is 0.288 e. The van der Waals surface area contributed by atoms with Crippen molar-refractivity contribution in [1.82, 2.24) is 25.7 Å². The van der Waals surface area contributed by atoms with Crippen LogP contribution in [0.1, 0.15) is 31.8 Å². The second-order valence-electron chi connectivity index (χ2n) is 5.49. The molecule has 0 aliphatic heterocycles. The number of amides is 2. The molecule has 0 radical (unpaired) electrons. The molecular weight excluding hydrogens is 408 g/mol. The SMILES string of the molecule is Cc1nnc(NC(=O)c2nnc(CCC(=O)NCc3cccc(Cl)c3)s2)s1. The number of carbonyl (C=O) groups is 2. The Hall–Kier alpha value is -2.43. The molecule has 0 aliphatic rings. The van der Waals surface area contributed by atoms with Crippen LogP contribution in [0.2, 0.25) is 5.02 Å². The van der Waals surface area contributed by atoms with Crippen LogP contribution in [-0.4, -0.2) is 32.2 Å². The predicted molar refractivity (Wildman–Crippen MR) is 104 cm³/mol. The van der Waals surface area contributed by atoms with Crippen molar-refractivity contribution < 1.29 is 9.59 Å². The van der Waals surface area contributed by atoms with Crippen LogP contribution >= 0.6 is 34.3 Å². The van der Waals surface area contributed by atoms with Crippen LogP contribution in [0, 0.1) is 6.92 Å². The Morgan fingerprint density at radius 2 is 2.00 bits per heavy atom. The summed E-state index contributed by atoms with van der Waals surface area (Å²) in [7, 11) is 0. The van der Waals surface area contributed by atoms with E-state index in [9.17, 15) is 9.59 Å². The van der Waals surface area contributed by atoms with E-state index in [4.69, 9.17) is 11.6 Å². The third-order valence-electron chi connectivity index (χ3n) is 3.35. The third kappa shape index (κ3) is 5.78. The van der Waals surface area contributed by atoms with Crippen LogP contribution in [0.4, 0.5) is 5.13 Å². The maximum atomic E-state index is 12.1. The van der Waals surface area contributed by atoms with Crippen LogP contribution in [0.15, 0.2) is 24.3 Å². The molecule has 0 saturated carbocycles. The van der Waals surface area contributed by atoms with E-state index in [1.165, 1.54) is 11.3 Å². The minimum Gasteiger partial charge on any atom is -0.352 e. The maximum absolute atomic E-state index is 12.1. The molecule has 3 rings (SSSR count). The molecule has 140 valence electrons. The van der Waals surface area contributed by atoms with Gasteiger partial charge in [0.25, 0.3) is 5.91 Å². The van der Waals surface area contributed by atoms with Crippen molar-refractivity contribution in [2.75, 3.05) is 5.32 Å². The summed E-state index contributed by atoms with van der Waals surface area (Å²) in [4.78, 5) is 24.1. The highest BCUT2D eigenvalue weighted by Gasteiger charge is 2.15. The van der Waals surface area contributed by atoms with Crippen LogP contribution in [0.5, 0.6) is 0 Å². The molecule has 0 spiro atoms. The van der Waals surface area contributed by atoms with Gasteiger partial charge in [-0.1, -0.05) is 46.4 Å². The summed E-state index contributed by atoms with van der Waals surface area (Å²) in [6.45, 7) is 2.21. The van der Waals surface area contributed by atoms with E-state index in [1.807, 2.05) is 12.1 Å². The molecule has 2 heterocycles. The lowest BCUT2D eigenvalue weighted by atomic mass is 10.2. The van der Waals surface area contributed by atoms with Gasteiger partial charge < -0.3 is 5.32 Å². The van der Waals surface area contributed by atoms with Crippen molar-refractivity contribution in [3.05, 3.63) is 49.9 Å². The van der Waals surface area contributed by atoms with Crippen molar-refractivity contribution in [3.63, 3.8) is 0 Å². The molecule has 27 heavy (non-hydrogen) atoms. The number of nitrogens with zero attached hydrogens (tertiary/aromatic N) is 4. The number of aryl methyl sites for hydroxylation is 2. The molecule has 2 N–H and O–H groups in total. The number of carbonyl (C=O) groups excluding carboxylic acids is 2. The third-order valence-corrected chi connectivity index (χ3v) is 5.32. The Morgan fingerprint density at radius 1 is 1.15 bits per heavy atom. The Balaban J connectivity index is 1.46. The van der Waals surface area contributed by atoms with Gasteiger partial charge >= 0.3 is 0 Å². The highest BCUT2D eigenvalue weighted by atomic mass is 35.5. The summed E-state index contributed by atoms with van der Waals surface area (Å²) in [5, 5.41) is 23.6. The molecule has 3 aromatic rings. The number of hydrogen-bond acceptors (Lipinski definition) is 8. The van der Waals surface area contributed by atoms with E-state index in [-0.39, 0.29) is 23.2 Å². The molecule has 0 saturated heterocycles. The zero-order valence-corrected chi connectivity index (χ0v) is 16.6. The number of rotatable bonds is 7. The fourth-order valence-corrected chi connectivity index (χ4v) is 3.63. The molecular formula is C16H15ClN6O2S2. The number of hydrogen-bond donors (Lipinski definition) is 2. The van der Waals surface area contributed by atoms with Gasteiger partial charge in [0.05, 0.1) is 0 Å². The Bertz CT molecular complexity index is 958. The Morgan fingerprint density at radius 3 is 2.74 bits per heavy atom. The number of nitrogens with one attached hydrogen (secondary N) is 2. The van der Waals surface area contributed by atoms with E-state index in [1.54, 1.807) is 19.1 Å². The van der Waals surface area contributed by atoms with E-state index >= 15 is 0 Å². The van der Waals surface area contributed by atoms with Gasteiger partial charge in [-0.3, -0.25) is 14.9 Å². The topological polar surface area (TPSA) is 110 Å². The summed E-state index contributed by atoms with van der Waals surface area (Å²) < 4.78 is 0. The van der Waals surface area contributed by atoms with Crippen LogP contribution < -0.4 is 10.6 Å². The largest absolute Gasteiger partial charge is 0.352 e. The predicted octanol–water partition coefficient (Wildman–Crippen LogP) is 2.85. The Kier molecular flexibility index (Phi) is 6.43. The lowest BCUT2D eigenvalue weighted by molar-refractivity contribution is -0.121. The van der Waals surface area contributed by atoms with Gasteiger partial charge in [0.15, 0.2) is 0 Å². The van der Waals surface area contributed by atoms with E-state index in [2.05, 4.69) is 31.0 Å². The molecule has 1 aromatic carbocycles. The molecule has 0 atom stereocenters. The van der Waals surface area contributed by atoms with Gasteiger partial charge in [-0.15, -0.1) is 20.4 Å².